The Kier molecular flexibility index (Phi) is 6.74. The van der Waals surface area contributed by atoms with E-state index in [1.807, 2.05) is 0 Å². The molecule has 0 unspecified atom stereocenters. The Morgan fingerprint density at radius 1 is 1.32 bits per heavy atom. The molecule has 1 aromatic carbocycles. The van der Waals surface area contributed by atoms with E-state index in [-0.39, 0.29) is 0 Å². The van der Waals surface area contributed by atoms with Crippen LogP contribution in [-0.4, -0.2) is 30.1 Å². The van der Waals surface area contributed by atoms with Gasteiger partial charge in [0.25, 0.3) is 0 Å². The number of benzene rings is 1. The zero-order chi connectivity index (χ0) is 20.0. The predicted octanol–water partition coefficient (Wildman–Crippen LogP) is 5.32. The second-order valence-corrected chi connectivity index (χ2v) is 7.35. The molecule has 28 heavy (non-hydrogen) atoms. The Labute approximate surface area is 166 Å². The zero-order valence-electron chi connectivity index (χ0n) is 15.2. The van der Waals surface area contributed by atoms with Crippen molar-refractivity contribution in [2.75, 3.05) is 6.67 Å². The first kappa shape index (κ1) is 20.4. The van der Waals surface area contributed by atoms with Gasteiger partial charge >= 0.3 is 6.18 Å². The standard InChI is InChI=1S/C20H21F3N4S/c1-24-10-9-17(26-12-25-16-7-2-3-8-16)19-18(27-13-28-19)14-5-4-6-15(11-14)20(21,22)23/h4-6,9-11,13,16,25H,1-3,7-8,12H2/b10-9-,26-17+. The van der Waals surface area contributed by atoms with Gasteiger partial charge in [-0.2, -0.15) is 13.2 Å². The SMILES string of the molecule is C=N/C=C\C(=N/CNC1CCCC1)c1scnc1-c1cccc(C(F)(F)F)c1. The molecule has 0 atom stereocenters. The Morgan fingerprint density at radius 3 is 2.82 bits per heavy atom. The third-order valence-corrected chi connectivity index (χ3v) is 5.43. The number of rotatable bonds is 7. The van der Waals surface area contributed by atoms with Crippen LogP contribution in [0.5, 0.6) is 0 Å². The van der Waals surface area contributed by atoms with Crippen LogP contribution in [0.2, 0.25) is 0 Å². The average molecular weight is 406 g/mol. The fraction of sp³-hybridized carbons (Fsp3) is 0.350. The summed E-state index contributed by atoms with van der Waals surface area (Å²) in [4.78, 5) is 13.3. The van der Waals surface area contributed by atoms with E-state index in [1.54, 1.807) is 17.7 Å². The highest BCUT2D eigenvalue weighted by atomic mass is 32.1. The number of hydrogen-bond donors (Lipinski definition) is 1. The molecule has 0 bridgehead atoms. The van der Waals surface area contributed by atoms with Crippen molar-refractivity contribution in [1.29, 1.82) is 0 Å². The summed E-state index contributed by atoms with van der Waals surface area (Å²) in [5, 5.41) is 3.41. The van der Waals surface area contributed by atoms with Crippen molar-refractivity contribution in [1.82, 2.24) is 10.3 Å². The Morgan fingerprint density at radius 2 is 2.11 bits per heavy atom. The molecule has 1 aromatic heterocycles. The minimum atomic E-state index is -4.40. The molecule has 1 saturated carbocycles. The summed E-state index contributed by atoms with van der Waals surface area (Å²) < 4.78 is 39.2. The van der Waals surface area contributed by atoms with Crippen molar-refractivity contribution >= 4 is 23.8 Å². The molecule has 1 aliphatic rings. The lowest BCUT2D eigenvalue weighted by Gasteiger charge is -2.11. The maximum absolute atomic E-state index is 13.1. The Bertz CT molecular complexity index is 864. The summed E-state index contributed by atoms with van der Waals surface area (Å²) >= 11 is 1.33. The second-order valence-electron chi connectivity index (χ2n) is 6.49. The van der Waals surface area contributed by atoms with Crippen LogP contribution in [0.25, 0.3) is 11.3 Å². The third kappa shape index (κ3) is 5.14. The van der Waals surface area contributed by atoms with Crippen molar-refractivity contribution < 1.29 is 13.2 Å². The third-order valence-electron chi connectivity index (χ3n) is 4.59. The summed E-state index contributed by atoms with van der Waals surface area (Å²) in [6.45, 7) is 3.86. The van der Waals surface area contributed by atoms with E-state index in [0.29, 0.717) is 34.6 Å². The Balaban J connectivity index is 1.89. The first-order chi connectivity index (χ1) is 13.5. The van der Waals surface area contributed by atoms with Gasteiger partial charge in [0.15, 0.2) is 0 Å². The predicted molar refractivity (Wildman–Crippen MR) is 108 cm³/mol. The van der Waals surface area contributed by atoms with Crippen LogP contribution >= 0.6 is 11.3 Å². The minimum Gasteiger partial charge on any atom is -0.296 e. The number of allylic oxidation sites excluding steroid dienone is 1. The van der Waals surface area contributed by atoms with Gasteiger partial charge in [-0.05, 0) is 37.8 Å². The molecule has 1 N–H and O–H groups in total. The summed E-state index contributed by atoms with van der Waals surface area (Å²) in [6.07, 6.45) is 3.56. The molecule has 0 saturated heterocycles. The monoisotopic (exact) mass is 406 g/mol. The van der Waals surface area contributed by atoms with E-state index >= 15 is 0 Å². The summed E-state index contributed by atoms with van der Waals surface area (Å²) in [7, 11) is 0. The molecule has 1 heterocycles. The molecule has 8 heteroatoms. The molecule has 0 radical (unpaired) electrons. The van der Waals surface area contributed by atoms with Crippen molar-refractivity contribution in [3.05, 3.63) is 52.5 Å². The van der Waals surface area contributed by atoms with Gasteiger partial charge in [-0.25, -0.2) is 4.98 Å². The molecule has 1 aliphatic carbocycles. The van der Waals surface area contributed by atoms with Crippen LogP contribution in [0.15, 0.2) is 52.0 Å². The van der Waals surface area contributed by atoms with Gasteiger partial charge in [0.1, 0.15) is 0 Å². The number of nitrogens with zero attached hydrogens (tertiary/aromatic N) is 3. The van der Waals surface area contributed by atoms with Gasteiger partial charge in [-0.15, -0.1) is 11.3 Å². The lowest BCUT2D eigenvalue weighted by molar-refractivity contribution is -0.137. The van der Waals surface area contributed by atoms with E-state index in [4.69, 9.17) is 0 Å². The molecule has 1 fully saturated rings. The van der Waals surface area contributed by atoms with E-state index < -0.39 is 11.7 Å². The second kappa shape index (κ2) is 9.25. The number of hydrogen-bond acceptors (Lipinski definition) is 5. The number of alkyl halides is 3. The highest BCUT2D eigenvalue weighted by molar-refractivity contribution is 7.12. The van der Waals surface area contributed by atoms with Crippen LogP contribution in [-0.2, 0) is 6.18 Å². The van der Waals surface area contributed by atoms with Crippen LogP contribution in [0.4, 0.5) is 13.2 Å². The van der Waals surface area contributed by atoms with Crippen molar-refractivity contribution in [3.8, 4) is 11.3 Å². The van der Waals surface area contributed by atoms with Gasteiger partial charge in [0.2, 0.25) is 0 Å². The molecule has 0 amide bonds. The molecule has 148 valence electrons. The largest absolute Gasteiger partial charge is 0.416 e. The quantitative estimate of drug-likeness (QED) is 0.633. The van der Waals surface area contributed by atoms with Crippen LogP contribution < -0.4 is 5.32 Å². The smallest absolute Gasteiger partial charge is 0.296 e. The van der Waals surface area contributed by atoms with E-state index in [0.717, 1.165) is 25.0 Å². The topological polar surface area (TPSA) is 49.6 Å². The molecule has 3 rings (SSSR count). The summed E-state index contributed by atoms with van der Waals surface area (Å²) in [6, 6.07) is 5.65. The summed E-state index contributed by atoms with van der Waals surface area (Å²) in [5.74, 6) is 0. The highest BCUT2D eigenvalue weighted by Gasteiger charge is 2.30. The van der Waals surface area contributed by atoms with E-state index in [1.165, 1.54) is 36.4 Å². The average Bonchev–Trinajstić information content (AvgIpc) is 3.36. The number of halogens is 3. The fourth-order valence-electron chi connectivity index (χ4n) is 3.19. The zero-order valence-corrected chi connectivity index (χ0v) is 16.1. The number of nitrogens with one attached hydrogen (secondary N) is 1. The maximum Gasteiger partial charge on any atom is 0.416 e. The first-order valence-electron chi connectivity index (χ1n) is 9.00. The Hall–Kier alpha value is -2.32. The lowest BCUT2D eigenvalue weighted by Crippen LogP contribution is -2.26. The van der Waals surface area contributed by atoms with Crippen LogP contribution in [0.1, 0.15) is 36.1 Å². The molecule has 0 spiro atoms. The fourth-order valence-corrected chi connectivity index (χ4v) is 3.99. The van der Waals surface area contributed by atoms with Gasteiger partial charge in [-0.3, -0.25) is 15.3 Å². The van der Waals surface area contributed by atoms with Crippen molar-refractivity contribution in [2.24, 2.45) is 9.98 Å². The molecule has 2 aromatic rings. The van der Waals surface area contributed by atoms with Gasteiger partial charge in [0, 0.05) is 17.8 Å². The van der Waals surface area contributed by atoms with E-state index in [9.17, 15) is 13.2 Å². The van der Waals surface area contributed by atoms with Crippen LogP contribution in [0, 0.1) is 0 Å². The molecule has 0 aliphatic heterocycles. The minimum absolute atomic E-state index is 0.405. The van der Waals surface area contributed by atoms with Gasteiger partial charge in [0.05, 0.1) is 34.0 Å². The normalized spacial score (nSPS) is 16.2. The maximum atomic E-state index is 13.1. The lowest BCUT2D eigenvalue weighted by atomic mass is 10.1. The first-order valence-corrected chi connectivity index (χ1v) is 9.88. The van der Waals surface area contributed by atoms with Crippen LogP contribution in [0.3, 0.4) is 0 Å². The molecular weight excluding hydrogens is 385 g/mol. The molecular formula is C20H21F3N4S. The van der Waals surface area contributed by atoms with E-state index in [2.05, 4.69) is 27.0 Å². The number of aromatic nitrogens is 1. The molecule has 4 nitrogen and oxygen atoms in total. The number of thiazole rings is 1. The van der Waals surface area contributed by atoms with Crippen molar-refractivity contribution in [2.45, 2.75) is 37.9 Å². The van der Waals surface area contributed by atoms with Gasteiger partial charge in [-0.1, -0.05) is 25.0 Å². The highest BCUT2D eigenvalue weighted by Crippen LogP contribution is 2.33. The van der Waals surface area contributed by atoms with Gasteiger partial charge < -0.3 is 0 Å². The number of aliphatic imine (C=N–C) groups is 2. The summed E-state index contributed by atoms with van der Waals surface area (Å²) in [5.41, 5.74) is 2.41. The van der Waals surface area contributed by atoms with Crippen molar-refractivity contribution in [3.63, 3.8) is 0 Å².